The highest BCUT2D eigenvalue weighted by Crippen LogP contribution is 2.29. The van der Waals surface area contributed by atoms with Gasteiger partial charge in [0.05, 0.1) is 0 Å². The van der Waals surface area contributed by atoms with E-state index < -0.39 is 0 Å². The van der Waals surface area contributed by atoms with Crippen molar-refractivity contribution >= 4 is 11.0 Å². The molecule has 0 bridgehead atoms. The Kier molecular flexibility index (Phi) is 3.23. The molecule has 0 spiro atoms. The van der Waals surface area contributed by atoms with Gasteiger partial charge in [0, 0.05) is 16.3 Å². The van der Waals surface area contributed by atoms with Gasteiger partial charge in [-0.2, -0.15) is 0 Å². The fraction of sp³-hybridized carbons (Fsp3) is 0.111. The molecule has 2 aromatic heterocycles. The van der Waals surface area contributed by atoms with E-state index in [1.54, 1.807) is 0 Å². The number of aryl methyl sites for hydroxylation is 2. The second-order valence-corrected chi connectivity index (χ2v) is 5.76. The van der Waals surface area contributed by atoms with Crippen molar-refractivity contribution in [3.63, 3.8) is 0 Å². The molecule has 0 unspecified atom stereocenters. The number of benzene rings is 2. The Bertz CT molecular complexity index is 1060. The van der Waals surface area contributed by atoms with Crippen LogP contribution in [0.3, 0.4) is 0 Å². The summed E-state index contributed by atoms with van der Waals surface area (Å²) in [6.45, 7) is 3.97. The van der Waals surface area contributed by atoms with Gasteiger partial charge in [-0.05, 0) is 30.9 Å². The number of fused-ring (bicyclic) bond motifs is 1. The Balaban J connectivity index is 2.00. The fourth-order valence-electron chi connectivity index (χ4n) is 2.77. The molecule has 0 fully saturated rings. The molecular formula is C18H14N4O2. The molecule has 24 heavy (non-hydrogen) atoms. The number of hydrogen-bond donors (Lipinski definition) is 0. The summed E-state index contributed by atoms with van der Waals surface area (Å²) in [5.74, 6) is 0. The monoisotopic (exact) mass is 318 g/mol. The number of aromatic nitrogens is 4. The van der Waals surface area contributed by atoms with Crippen LogP contribution in [0, 0.1) is 19.1 Å². The van der Waals surface area contributed by atoms with Crippen LogP contribution >= 0.6 is 0 Å². The van der Waals surface area contributed by atoms with E-state index in [0.29, 0.717) is 21.8 Å². The molecule has 0 aliphatic heterocycles. The Morgan fingerprint density at radius 3 is 2.08 bits per heavy atom. The van der Waals surface area contributed by atoms with Gasteiger partial charge in [0.1, 0.15) is 5.69 Å². The minimum atomic E-state index is 0.284. The zero-order valence-electron chi connectivity index (χ0n) is 13.2. The highest BCUT2D eigenvalue weighted by Gasteiger charge is 2.24. The third-order valence-electron chi connectivity index (χ3n) is 3.89. The fourth-order valence-corrected chi connectivity index (χ4v) is 2.77. The van der Waals surface area contributed by atoms with Gasteiger partial charge in [-0.1, -0.05) is 47.5 Å². The second-order valence-electron chi connectivity index (χ2n) is 5.76. The smallest absolute Gasteiger partial charge is 0.278 e. The quantitative estimate of drug-likeness (QED) is 0.530. The topological polar surface area (TPSA) is 78.8 Å². The highest BCUT2D eigenvalue weighted by atomic mass is 16.8. The van der Waals surface area contributed by atoms with E-state index in [4.69, 9.17) is 4.63 Å². The molecule has 0 saturated heterocycles. The molecule has 2 aromatic carbocycles. The van der Waals surface area contributed by atoms with E-state index in [1.165, 1.54) is 0 Å². The zero-order valence-corrected chi connectivity index (χ0v) is 13.2. The molecule has 0 radical (unpaired) electrons. The molecule has 0 atom stereocenters. The summed E-state index contributed by atoms with van der Waals surface area (Å²) in [5.41, 5.74) is 5.48. The number of nitrogens with zero attached hydrogens (tertiary/aromatic N) is 4. The summed E-state index contributed by atoms with van der Waals surface area (Å²) in [5, 5.41) is 24.6. The van der Waals surface area contributed by atoms with Crippen molar-refractivity contribution in [2.75, 3.05) is 0 Å². The molecule has 0 aliphatic rings. The summed E-state index contributed by atoms with van der Waals surface area (Å²) in [4.78, 5) is 0.390. The van der Waals surface area contributed by atoms with Gasteiger partial charge in [-0.25, -0.2) is 0 Å². The molecule has 118 valence electrons. The van der Waals surface area contributed by atoms with Gasteiger partial charge in [-0.3, -0.25) is 4.63 Å². The summed E-state index contributed by atoms with van der Waals surface area (Å²) < 4.78 is 4.83. The van der Waals surface area contributed by atoms with E-state index >= 15 is 0 Å². The number of rotatable bonds is 2. The lowest BCUT2D eigenvalue weighted by molar-refractivity contribution is -0.782. The molecule has 6 heteroatoms. The largest absolute Gasteiger partial charge is 0.359 e. The first-order valence-corrected chi connectivity index (χ1v) is 7.53. The van der Waals surface area contributed by atoms with Gasteiger partial charge in [0.25, 0.3) is 11.0 Å². The predicted octanol–water partition coefficient (Wildman–Crippen LogP) is 3.20. The Morgan fingerprint density at radius 2 is 1.46 bits per heavy atom. The average molecular weight is 318 g/mol. The van der Waals surface area contributed by atoms with Crippen molar-refractivity contribution in [1.29, 1.82) is 0 Å². The minimum absolute atomic E-state index is 0.284. The maximum atomic E-state index is 12.1. The van der Waals surface area contributed by atoms with Gasteiger partial charge in [0.15, 0.2) is 5.69 Å². The lowest BCUT2D eigenvalue weighted by Gasteiger charge is -2.04. The maximum Gasteiger partial charge on any atom is 0.278 e. The maximum absolute atomic E-state index is 12.1. The lowest BCUT2D eigenvalue weighted by Crippen LogP contribution is -2.23. The van der Waals surface area contributed by atoms with Crippen LogP contribution in [0.4, 0.5) is 0 Å². The van der Waals surface area contributed by atoms with Gasteiger partial charge >= 0.3 is 0 Å². The SMILES string of the molecule is Cc1cccc(-c2nnc(-c3cccc(C)c3)c3c2no[n+]3[O-])c1. The van der Waals surface area contributed by atoms with Crippen LogP contribution in [0.5, 0.6) is 0 Å². The second kappa shape index (κ2) is 5.42. The highest BCUT2D eigenvalue weighted by molar-refractivity contribution is 5.94. The molecule has 0 amide bonds. The Hall–Kier alpha value is -3.28. The number of hydrogen-bond acceptors (Lipinski definition) is 5. The van der Waals surface area contributed by atoms with E-state index in [9.17, 15) is 5.21 Å². The summed E-state index contributed by atoms with van der Waals surface area (Å²) >= 11 is 0. The van der Waals surface area contributed by atoms with Gasteiger partial charge in [0.2, 0.25) is 0 Å². The van der Waals surface area contributed by atoms with Crippen LogP contribution in [0.15, 0.2) is 53.2 Å². The Labute approximate surface area is 137 Å². The van der Waals surface area contributed by atoms with Crippen molar-refractivity contribution in [2.45, 2.75) is 13.8 Å². The molecule has 0 N–H and O–H groups in total. The van der Waals surface area contributed by atoms with Crippen molar-refractivity contribution in [2.24, 2.45) is 0 Å². The van der Waals surface area contributed by atoms with Crippen LogP contribution in [-0.2, 0) is 0 Å². The molecule has 0 aliphatic carbocycles. The van der Waals surface area contributed by atoms with Crippen molar-refractivity contribution in [1.82, 2.24) is 15.4 Å². The zero-order chi connectivity index (χ0) is 16.7. The van der Waals surface area contributed by atoms with E-state index in [-0.39, 0.29) is 5.52 Å². The van der Waals surface area contributed by atoms with Crippen molar-refractivity contribution in [3.8, 4) is 22.5 Å². The molecular weight excluding hydrogens is 304 g/mol. The van der Waals surface area contributed by atoms with Crippen LogP contribution in [0.2, 0.25) is 0 Å². The standard InChI is InChI=1S/C18H14N4O2/c1-11-5-3-7-13(9-11)15-17-18(22(23)24-21-17)16(20-19-15)14-8-4-6-12(2)10-14/h3-10H,1-2H3. The first-order chi connectivity index (χ1) is 11.6. The summed E-state index contributed by atoms with van der Waals surface area (Å²) in [6, 6.07) is 15.5. The lowest BCUT2D eigenvalue weighted by atomic mass is 10.0. The third-order valence-corrected chi connectivity index (χ3v) is 3.89. The molecule has 6 nitrogen and oxygen atoms in total. The van der Waals surface area contributed by atoms with Crippen molar-refractivity contribution in [3.05, 3.63) is 64.9 Å². The van der Waals surface area contributed by atoms with E-state index in [1.807, 2.05) is 62.4 Å². The van der Waals surface area contributed by atoms with Crippen LogP contribution in [-0.4, -0.2) is 15.4 Å². The first kappa shape index (κ1) is 14.3. The molecule has 2 heterocycles. The molecule has 4 rings (SSSR count). The van der Waals surface area contributed by atoms with Crippen molar-refractivity contribution < 1.29 is 9.53 Å². The molecule has 4 aromatic rings. The summed E-state index contributed by atoms with van der Waals surface area (Å²) in [6.07, 6.45) is 0. The Morgan fingerprint density at radius 1 is 0.875 bits per heavy atom. The summed E-state index contributed by atoms with van der Waals surface area (Å²) in [7, 11) is 0. The predicted molar refractivity (Wildman–Crippen MR) is 88.9 cm³/mol. The first-order valence-electron chi connectivity index (χ1n) is 7.53. The minimum Gasteiger partial charge on any atom is -0.359 e. The normalized spacial score (nSPS) is 11.1. The van der Waals surface area contributed by atoms with E-state index in [0.717, 1.165) is 22.3 Å². The molecule has 0 saturated carbocycles. The van der Waals surface area contributed by atoms with Gasteiger partial charge < -0.3 is 5.21 Å². The van der Waals surface area contributed by atoms with Crippen LogP contribution in [0.25, 0.3) is 33.5 Å². The van der Waals surface area contributed by atoms with Crippen LogP contribution in [0.1, 0.15) is 11.1 Å². The van der Waals surface area contributed by atoms with Crippen LogP contribution < -0.4 is 4.90 Å². The average Bonchev–Trinajstić information content (AvgIpc) is 2.96. The van der Waals surface area contributed by atoms with Gasteiger partial charge in [-0.15, -0.1) is 10.2 Å². The third kappa shape index (κ3) is 2.28. The van der Waals surface area contributed by atoms with E-state index in [2.05, 4.69) is 15.4 Å².